The Bertz CT molecular complexity index is 903. The van der Waals surface area contributed by atoms with Crippen LogP contribution in [0.1, 0.15) is 24.2 Å². The first kappa shape index (κ1) is 15.6. The van der Waals surface area contributed by atoms with E-state index in [1.807, 2.05) is 24.4 Å². The molecule has 2 aromatic rings. The van der Waals surface area contributed by atoms with Crippen molar-refractivity contribution < 1.29 is 13.2 Å². The molecule has 0 saturated carbocycles. The third kappa shape index (κ3) is 2.60. The molecule has 1 fully saturated rings. The summed E-state index contributed by atoms with van der Waals surface area (Å²) in [5.41, 5.74) is 3.12. The fourth-order valence-electron chi connectivity index (χ4n) is 3.92. The molecule has 1 saturated heterocycles. The first-order chi connectivity index (χ1) is 11.4. The van der Waals surface area contributed by atoms with Crippen LogP contribution in [-0.2, 0) is 27.5 Å². The zero-order chi connectivity index (χ0) is 16.9. The Hall–Kier alpha value is -1.89. The second-order valence-corrected chi connectivity index (χ2v) is 9.11. The zero-order valence-corrected chi connectivity index (χ0v) is 14.5. The van der Waals surface area contributed by atoms with Crippen molar-refractivity contribution in [3.63, 3.8) is 0 Å². The number of aromatic nitrogens is 2. The maximum Gasteiger partial charge on any atom is 0.226 e. The quantitative estimate of drug-likeness (QED) is 0.815. The Kier molecular flexibility index (Phi) is 3.63. The summed E-state index contributed by atoms with van der Waals surface area (Å²) >= 11 is 0. The fourth-order valence-corrected chi connectivity index (χ4v) is 5.69. The van der Waals surface area contributed by atoms with Gasteiger partial charge in [0.1, 0.15) is 5.65 Å². The van der Waals surface area contributed by atoms with Crippen LogP contribution in [0.4, 0.5) is 0 Å². The van der Waals surface area contributed by atoms with Crippen LogP contribution in [0.15, 0.2) is 24.4 Å². The van der Waals surface area contributed by atoms with Gasteiger partial charge in [0.25, 0.3) is 0 Å². The van der Waals surface area contributed by atoms with Gasteiger partial charge in [-0.25, -0.2) is 13.4 Å². The molecule has 1 aliphatic heterocycles. The van der Waals surface area contributed by atoms with Gasteiger partial charge in [0.2, 0.25) is 5.91 Å². The summed E-state index contributed by atoms with van der Waals surface area (Å²) in [6.07, 6.45) is 4.78. The summed E-state index contributed by atoms with van der Waals surface area (Å²) in [7, 11) is -1.23. The van der Waals surface area contributed by atoms with E-state index in [4.69, 9.17) is 0 Å². The summed E-state index contributed by atoms with van der Waals surface area (Å²) < 4.78 is 25.4. The lowest BCUT2D eigenvalue weighted by atomic mass is 9.88. The Balaban J connectivity index is 1.55. The van der Waals surface area contributed by atoms with Crippen LogP contribution in [0.2, 0.25) is 0 Å². The molecular formula is C17H21N3O3S. The van der Waals surface area contributed by atoms with Gasteiger partial charge >= 0.3 is 0 Å². The number of hydrogen-bond donors (Lipinski definition) is 0. The van der Waals surface area contributed by atoms with Crippen LogP contribution in [0.25, 0.3) is 5.65 Å². The average Bonchev–Trinajstić information content (AvgIpc) is 3.12. The van der Waals surface area contributed by atoms with E-state index in [9.17, 15) is 13.2 Å². The van der Waals surface area contributed by atoms with E-state index in [1.165, 1.54) is 0 Å². The number of pyridine rings is 1. The molecule has 1 amide bonds. The topological polar surface area (TPSA) is 71.8 Å². The number of amides is 1. The van der Waals surface area contributed by atoms with E-state index in [-0.39, 0.29) is 29.4 Å². The lowest BCUT2D eigenvalue weighted by molar-refractivity contribution is -0.136. The lowest BCUT2D eigenvalue weighted by Gasteiger charge is -2.30. The SMILES string of the molecule is CN(C(=O)C1CCc2nc3ccccn3c2C1)C1CCS(=O)(=O)C1. The number of rotatable bonds is 2. The maximum atomic E-state index is 12.9. The number of aryl methyl sites for hydroxylation is 1. The van der Waals surface area contributed by atoms with Crippen molar-refractivity contribution in [1.29, 1.82) is 0 Å². The van der Waals surface area contributed by atoms with Gasteiger partial charge in [-0.1, -0.05) is 6.07 Å². The van der Waals surface area contributed by atoms with Crippen LogP contribution < -0.4 is 0 Å². The van der Waals surface area contributed by atoms with Gasteiger partial charge in [0.15, 0.2) is 9.84 Å². The summed E-state index contributed by atoms with van der Waals surface area (Å²) in [6, 6.07) is 5.73. The summed E-state index contributed by atoms with van der Waals surface area (Å²) in [5.74, 6) is 0.264. The lowest BCUT2D eigenvalue weighted by Crippen LogP contribution is -2.42. The largest absolute Gasteiger partial charge is 0.341 e. The first-order valence-corrected chi connectivity index (χ1v) is 10.2. The molecule has 1 aliphatic carbocycles. The predicted octanol–water partition coefficient (Wildman–Crippen LogP) is 1.08. The molecule has 24 heavy (non-hydrogen) atoms. The molecule has 7 heteroatoms. The Labute approximate surface area is 141 Å². The molecule has 0 N–H and O–H groups in total. The highest BCUT2D eigenvalue weighted by molar-refractivity contribution is 7.91. The second kappa shape index (κ2) is 5.58. The molecule has 4 rings (SSSR count). The minimum atomic E-state index is -2.98. The minimum absolute atomic E-state index is 0.0635. The van der Waals surface area contributed by atoms with Gasteiger partial charge < -0.3 is 9.30 Å². The number of sulfone groups is 1. The molecule has 2 aromatic heterocycles. The van der Waals surface area contributed by atoms with Crippen molar-refractivity contribution in [2.75, 3.05) is 18.6 Å². The Morgan fingerprint density at radius 1 is 1.33 bits per heavy atom. The third-order valence-electron chi connectivity index (χ3n) is 5.33. The molecule has 128 valence electrons. The van der Waals surface area contributed by atoms with Crippen molar-refractivity contribution in [3.05, 3.63) is 35.8 Å². The van der Waals surface area contributed by atoms with E-state index in [1.54, 1.807) is 11.9 Å². The van der Waals surface area contributed by atoms with Crippen LogP contribution >= 0.6 is 0 Å². The highest BCUT2D eigenvalue weighted by Crippen LogP contribution is 2.28. The first-order valence-electron chi connectivity index (χ1n) is 8.36. The van der Waals surface area contributed by atoms with Crippen LogP contribution in [0.3, 0.4) is 0 Å². The third-order valence-corrected chi connectivity index (χ3v) is 7.08. The molecule has 2 unspecified atom stereocenters. The highest BCUT2D eigenvalue weighted by atomic mass is 32.2. The molecule has 2 aliphatic rings. The minimum Gasteiger partial charge on any atom is -0.341 e. The summed E-state index contributed by atoms with van der Waals surface area (Å²) in [5, 5.41) is 0. The van der Waals surface area contributed by atoms with Crippen LogP contribution in [0.5, 0.6) is 0 Å². The number of carbonyl (C=O) groups is 1. The van der Waals surface area contributed by atoms with Gasteiger partial charge in [-0.2, -0.15) is 0 Å². The molecule has 2 atom stereocenters. The van der Waals surface area contributed by atoms with E-state index >= 15 is 0 Å². The van der Waals surface area contributed by atoms with Crippen LogP contribution in [0, 0.1) is 5.92 Å². The van der Waals surface area contributed by atoms with Gasteiger partial charge in [0, 0.05) is 37.3 Å². The normalized spacial score (nSPS) is 25.5. The molecular weight excluding hydrogens is 326 g/mol. The second-order valence-electron chi connectivity index (χ2n) is 6.88. The maximum absolute atomic E-state index is 12.9. The van der Waals surface area contributed by atoms with E-state index < -0.39 is 9.84 Å². The fraction of sp³-hybridized carbons (Fsp3) is 0.529. The molecule has 0 spiro atoms. The van der Waals surface area contributed by atoms with Crippen molar-refractivity contribution in [2.24, 2.45) is 5.92 Å². The van der Waals surface area contributed by atoms with Gasteiger partial charge in [-0.15, -0.1) is 0 Å². The van der Waals surface area contributed by atoms with Crippen molar-refractivity contribution in [1.82, 2.24) is 14.3 Å². The smallest absolute Gasteiger partial charge is 0.226 e. The van der Waals surface area contributed by atoms with Crippen LogP contribution in [-0.4, -0.2) is 53.2 Å². The molecule has 3 heterocycles. The predicted molar refractivity (Wildman–Crippen MR) is 90.5 cm³/mol. The summed E-state index contributed by atoms with van der Waals surface area (Å²) in [4.78, 5) is 19.2. The number of fused-ring (bicyclic) bond motifs is 3. The molecule has 0 radical (unpaired) electrons. The van der Waals surface area contributed by atoms with Crippen molar-refractivity contribution in [3.8, 4) is 0 Å². The zero-order valence-electron chi connectivity index (χ0n) is 13.7. The standard InChI is InChI=1S/C17H21N3O3S/c1-19(13-7-9-24(22,23)11-13)17(21)12-5-6-14-15(10-12)20-8-3-2-4-16(20)18-14/h2-4,8,12-13H,5-7,9-11H2,1H3. The van der Waals surface area contributed by atoms with Gasteiger partial charge in [0.05, 0.1) is 17.2 Å². The molecule has 6 nitrogen and oxygen atoms in total. The highest BCUT2D eigenvalue weighted by Gasteiger charge is 2.36. The van der Waals surface area contributed by atoms with E-state index in [0.717, 1.165) is 29.9 Å². The molecule has 0 aromatic carbocycles. The van der Waals surface area contributed by atoms with E-state index in [2.05, 4.69) is 9.38 Å². The molecule has 0 bridgehead atoms. The van der Waals surface area contributed by atoms with Crippen molar-refractivity contribution in [2.45, 2.75) is 31.7 Å². The summed E-state index contributed by atoms with van der Waals surface area (Å²) in [6.45, 7) is 0. The van der Waals surface area contributed by atoms with Crippen molar-refractivity contribution >= 4 is 21.4 Å². The van der Waals surface area contributed by atoms with E-state index in [0.29, 0.717) is 12.8 Å². The average molecular weight is 347 g/mol. The van der Waals surface area contributed by atoms with Gasteiger partial charge in [-0.3, -0.25) is 4.79 Å². The number of imidazole rings is 1. The van der Waals surface area contributed by atoms with Gasteiger partial charge in [-0.05, 0) is 31.4 Å². The monoisotopic (exact) mass is 347 g/mol. The Morgan fingerprint density at radius 3 is 2.92 bits per heavy atom. The number of nitrogens with zero attached hydrogens (tertiary/aromatic N) is 3. The number of hydrogen-bond acceptors (Lipinski definition) is 4. The number of carbonyl (C=O) groups excluding carboxylic acids is 1. The Morgan fingerprint density at radius 2 is 2.17 bits per heavy atom.